The van der Waals surface area contributed by atoms with Crippen molar-refractivity contribution in [3.63, 3.8) is 0 Å². The van der Waals surface area contributed by atoms with Gasteiger partial charge in [0.1, 0.15) is 5.75 Å². The summed E-state index contributed by atoms with van der Waals surface area (Å²) in [4.78, 5) is 0. The topological polar surface area (TPSA) is 35.2 Å². The lowest BCUT2D eigenvalue weighted by Gasteiger charge is -2.08. The molecule has 0 radical (unpaired) electrons. The molecule has 2 nitrogen and oxygen atoms in total. The number of hydrogen-bond acceptors (Lipinski definition) is 2. The van der Waals surface area contributed by atoms with E-state index >= 15 is 0 Å². The van der Waals surface area contributed by atoms with Gasteiger partial charge in [0.05, 0.1) is 6.61 Å². The van der Waals surface area contributed by atoms with Crippen molar-refractivity contribution >= 4 is 0 Å². The monoisotopic (exact) mass is 203 g/mol. The maximum absolute atomic E-state index is 5.78. The Labute approximate surface area is 91.4 Å². The standard InChI is InChI=1S/C13H17NO/c1-3-4-5-9-15-13-8-6-7-12(10-13)11(2)14/h6-8,10-11H,5,9,14H2,1-2H3. The molecule has 0 saturated heterocycles. The molecule has 1 aromatic carbocycles. The van der Waals surface area contributed by atoms with Gasteiger partial charge in [-0.3, -0.25) is 0 Å². The molecule has 0 amide bonds. The van der Waals surface area contributed by atoms with Crippen LogP contribution in [0.3, 0.4) is 0 Å². The number of hydrogen-bond donors (Lipinski definition) is 1. The second kappa shape index (κ2) is 6.10. The lowest BCUT2D eigenvalue weighted by atomic mass is 10.1. The first kappa shape index (κ1) is 11.6. The van der Waals surface area contributed by atoms with Gasteiger partial charge >= 0.3 is 0 Å². The molecule has 80 valence electrons. The van der Waals surface area contributed by atoms with Crippen LogP contribution < -0.4 is 10.5 Å². The molecule has 15 heavy (non-hydrogen) atoms. The fourth-order valence-electron chi connectivity index (χ4n) is 1.23. The summed E-state index contributed by atoms with van der Waals surface area (Å²) in [5.41, 5.74) is 6.87. The highest BCUT2D eigenvalue weighted by Crippen LogP contribution is 2.17. The van der Waals surface area contributed by atoms with Crippen molar-refractivity contribution in [2.24, 2.45) is 5.73 Å². The molecule has 1 aromatic rings. The highest BCUT2D eigenvalue weighted by atomic mass is 16.5. The minimum absolute atomic E-state index is 0.0454. The Morgan fingerprint density at radius 1 is 1.47 bits per heavy atom. The van der Waals surface area contributed by atoms with Crippen molar-refractivity contribution in [2.75, 3.05) is 6.61 Å². The van der Waals surface area contributed by atoms with Crippen LogP contribution in [0.4, 0.5) is 0 Å². The van der Waals surface area contributed by atoms with Crippen molar-refractivity contribution in [3.8, 4) is 17.6 Å². The van der Waals surface area contributed by atoms with E-state index in [1.54, 1.807) is 0 Å². The van der Waals surface area contributed by atoms with Crippen molar-refractivity contribution in [3.05, 3.63) is 29.8 Å². The van der Waals surface area contributed by atoms with Gasteiger partial charge in [0.2, 0.25) is 0 Å². The average molecular weight is 203 g/mol. The Balaban J connectivity index is 2.53. The zero-order valence-electron chi connectivity index (χ0n) is 9.29. The fraction of sp³-hybridized carbons (Fsp3) is 0.385. The van der Waals surface area contributed by atoms with E-state index < -0.39 is 0 Å². The molecule has 1 rings (SSSR count). The van der Waals surface area contributed by atoms with E-state index in [1.807, 2.05) is 38.1 Å². The van der Waals surface area contributed by atoms with Gasteiger partial charge in [-0.2, -0.15) is 0 Å². The zero-order valence-corrected chi connectivity index (χ0v) is 9.29. The lowest BCUT2D eigenvalue weighted by molar-refractivity contribution is 0.326. The Hall–Kier alpha value is -1.46. The van der Waals surface area contributed by atoms with Gasteiger partial charge in [-0.1, -0.05) is 12.1 Å². The van der Waals surface area contributed by atoms with Crippen molar-refractivity contribution in [2.45, 2.75) is 26.3 Å². The molecule has 0 aromatic heterocycles. The van der Waals surface area contributed by atoms with Gasteiger partial charge in [-0.05, 0) is 31.5 Å². The molecule has 2 N–H and O–H groups in total. The van der Waals surface area contributed by atoms with Gasteiger partial charge in [0, 0.05) is 12.5 Å². The molecule has 0 aliphatic heterocycles. The molecule has 0 aliphatic rings. The molecule has 1 atom stereocenters. The van der Waals surface area contributed by atoms with Crippen LogP contribution in [-0.4, -0.2) is 6.61 Å². The van der Waals surface area contributed by atoms with Gasteiger partial charge in [-0.25, -0.2) is 0 Å². The van der Waals surface area contributed by atoms with Crippen LogP contribution >= 0.6 is 0 Å². The predicted molar refractivity (Wildman–Crippen MR) is 62.6 cm³/mol. The highest BCUT2D eigenvalue weighted by molar-refractivity contribution is 5.30. The smallest absolute Gasteiger partial charge is 0.119 e. The number of ether oxygens (including phenoxy) is 1. The molecule has 0 fully saturated rings. The van der Waals surface area contributed by atoms with E-state index in [0.717, 1.165) is 17.7 Å². The van der Waals surface area contributed by atoms with Crippen molar-refractivity contribution < 1.29 is 4.74 Å². The van der Waals surface area contributed by atoms with Crippen LogP contribution in [-0.2, 0) is 0 Å². The maximum atomic E-state index is 5.78. The number of nitrogens with two attached hydrogens (primary N) is 1. The van der Waals surface area contributed by atoms with Crippen molar-refractivity contribution in [1.82, 2.24) is 0 Å². The van der Waals surface area contributed by atoms with Crippen LogP contribution in [0.1, 0.15) is 31.9 Å². The third-order valence-electron chi connectivity index (χ3n) is 2.06. The van der Waals surface area contributed by atoms with E-state index in [4.69, 9.17) is 10.5 Å². The van der Waals surface area contributed by atoms with Gasteiger partial charge in [-0.15, -0.1) is 11.8 Å². The minimum atomic E-state index is 0.0454. The summed E-state index contributed by atoms with van der Waals surface area (Å²) in [7, 11) is 0. The highest BCUT2D eigenvalue weighted by Gasteiger charge is 2.00. The summed E-state index contributed by atoms with van der Waals surface area (Å²) >= 11 is 0. The number of benzene rings is 1. The summed E-state index contributed by atoms with van der Waals surface area (Å²) in [5.74, 6) is 6.65. The Morgan fingerprint density at radius 3 is 2.93 bits per heavy atom. The van der Waals surface area contributed by atoms with Crippen LogP contribution in [0.15, 0.2) is 24.3 Å². The fourth-order valence-corrected chi connectivity index (χ4v) is 1.23. The van der Waals surface area contributed by atoms with Crippen molar-refractivity contribution in [1.29, 1.82) is 0 Å². The molecular formula is C13H17NO. The predicted octanol–water partition coefficient (Wildman–Crippen LogP) is 2.50. The van der Waals surface area contributed by atoms with E-state index in [1.165, 1.54) is 0 Å². The van der Waals surface area contributed by atoms with Gasteiger partial charge < -0.3 is 10.5 Å². The molecule has 0 aliphatic carbocycles. The van der Waals surface area contributed by atoms with Crippen LogP contribution in [0, 0.1) is 11.8 Å². The Bertz CT molecular complexity index is 360. The largest absolute Gasteiger partial charge is 0.493 e. The first-order valence-electron chi connectivity index (χ1n) is 5.12. The summed E-state index contributed by atoms with van der Waals surface area (Å²) in [6.07, 6.45) is 0.763. The van der Waals surface area contributed by atoms with Gasteiger partial charge in [0.25, 0.3) is 0 Å². The quantitative estimate of drug-likeness (QED) is 0.602. The molecule has 2 heteroatoms. The summed E-state index contributed by atoms with van der Waals surface area (Å²) in [5, 5.41) is 0. The second-order valence-electron chi connectivity index (χ2n) is 3.39. The van der Waals surface area contributed by atoms with Crippen LogP contribution in [0.25, 0.3) is 0 Å². The third kappa shape index (κ3) is 4.05. The summed E-state index contributed by atoms with van der Waals surface area (Å²) in [6, 6.07) is 7.92. The normalized spacial score (nSPS) is 11.4. The van der Waals surface area contributed by atoms with E-state index in [2.05, 4.69) is 11.8 Å². The molecule has 0 heterocycles. The molecular weight excluding hydrogens is 186 g/mol. The molecule has 0 spiro atoms. The lowest BCUT2D eigenvalue weighted by Crippen LogP contribution is -2.05. The maximum Gasteiger partial charge on any atom is 0.119 e. The molecule has 1 unspecified atom stereocenters. The third-order valence-corrected chi connectivity index (χ3v) is 2.06. The first-order valence-corrected chi connectivity index (χ1v) is 5.12. The van der Waals surface area contributed by atoms with Gasteiger partial charge in [0.15, 0.2) is 0 Å². The zero-order chi connectivity index (χ0) is 11.1. The van der Waals surface area contributed by atoms with Crippen LogP contribution in [0.5, 0.6) is 5.75 Å². The van der Waals surface area contributed by atoms with E-state index in [-0.39, 0.29) is 6.04 Å². The molecule has 0 bridgehead atoms. The van der Waals surface area contributed by atoms with Crippen LogP contribution in [0.2, 0.25) is 0 Å². The Kier molecular flexibility index (Phi) is 4.73. The minimum Gasteiger partial charge on any atom is -0.493 e. The Morgan fingerprint density at radius 2 is 2.27 bits per heavy atom. The van der Waals surface area contributed by atoms with E-state index in [9.17, 15) is 0 Å². The SMILES string of the molecule is CC#CCCOc1cccc(C(C)N)c1. The summed E-state index contributed by atoms with van der Waals surface area (Å²) in [6.45, 7) is 4.42. The molecule has 0 saturated carbocycles. The summed E-state index contributed by atoms with van der Waals surface area (Å²) < 4.78 is 5.54. The average Bonchev–Trinajstić information content (AvgIpc) is 2.25. The second-order valence-corrected chi connectivity index (χ2v) is 3.39. The first-order chi connectivity index (χ1) is 7.24. The van der Waals surface area contributed by atoms with E-state index in [0.29, 0.717) is 6.61 Å². The number of rotatable bonds is 4.